The van der Waals surface area contributed by atoms with Gasteiger partial charge in [-0.15, -0.1) is 10.2 Å². The van der Waals surface area contributed by atoms with Crippen molar-refractivity contribution in [2.24, 2.45) is 0 Å². The molecular weight excluding hydrogens is 184 g/mol. The topological polar surface area (TPSA) is 84.1 Å². The van der Waals surface area contributed by atoms with Crippen molar-refractivity contribution in [1.29, 1.82) is 0 Å². The molecule has 14 heavy (non-hydrogen) atoms. The highest BCUT2D eigenvalue weighted by Gasteiger charge is 2.19. The third-order valence-electron chi connectivity index (χ3n) is 2.58. The van der Waals surface area contributed by atoms with Crippen molar-refractivity contribution in [3.05, 3.63) is 5.82 Å². The first-order chi connectivity index (χ1) is 6.77. The molecule has 0 bridgehead atoms. The molecule has 0 atom stereocenters. The van der Waals surface area contributed by atoms with Crippen LogP contribution in [-0.2, 0) is 0 Å². The maximum atomic E-state index is 8.81. The molecule has 1 heterocycles. The van der Waals surface area contributed by atoms with Gasteiger partial charge in [-0.3, -0.25) is 0 Å². The van der Waals surface area contributed by atoms with Crippen LogP contribution < -0.4 is 0 Å². The summed E-state index contributed by atoms with van der Waals surface area (Å²) in [5.74, 6) is -0.0180. The van der Waals surface area contributed by atoms with E-state index < -0.39 is 6.29 Å². The van der Waals surface area contributed by atoms with E-state index in [0.717, 1.165) is 12.8 Å². The van der Waals surface area contributed by atoms with Gasteiger partial charge in [0.2, 0.25) is 12.1 Å². The van der Waals surface area contributed by atoms with Gasteiger partial charge in [0.15, 0.2) is 0 Å². The average molecular weight is 198 g/mol. The molecule has 2 rings (SSSR count). The van der Waals surface area contributed by atoms with Crippen LogP contribution >= 0.6 is 0 Å². The molecule has 0 spiro atoms. The molecule has 0 amide bonds. The molecule has 2 N–H and O–H groups in total. The first-order valence-electron chi connectivity index (χ1n) is 4.93. The first kappa shape index (κ1) is 9.54. The van der Waals surface area contributed by atoms with E-state index in [1.54, 1.807) is 0 Å². The molecule has 6 heteroatoms. The lowest BCUT2D eigenvalue weighted by Crippen LogP contribution is -2.16. The van der Waals surface area contributed by atoms with Crippen molar-refractivity contribution in [2.45, 2.75) is 44.4 Å². The van der Waals surface area contributed by atoms with Crippen molar-refractivity contribution in [3.63, 3.8) is 0 Å². The van der Waals surface area contributed by atoms with Crippen molar-refractivity contribution >= 4 is 0 Å². The highest BCUT2D eigenvalue weighted by Crippen LogP contribution is 2.26. The number of rotatable bonds is 2. The van der Waals surface area contributed by atoms with Crippen LogP contribution in [-0.4, -0.2) is 30.4 Å². The highest BCUT2D eigenvalue weighted by atomic mass is 16.5. The molecule has 0 saturated heterocycles. The Balaban J connectivity index is 2.07. The SMILES string of the molecule is OC(O)c1nnn(C2CCCCC2)n1. The lowest BCUT2D eigenvalue weighted by atomic mass is 9.96. The van der Waals surface area contributed by atoms with E-state index in [4.69, 9.17) is 10.2 Å². The number of nitrogens with zero attached hydrogens (tertiary/aromatic N) is 4. The van der Waals surface area contributed by atoms with E-state index in [1.807, 2.05) is 0 Å². The highest BCUT2D eigenvalue weighted by molar-refractivity contribution is 4.79. The van der Waals surface area contributed by atoms with Crippen LogP contribution in [0.15, 0.2) is 0 Å². The Morgan fingerprint density at radius 1 is 1.21 bits per heavy atom. The Morgan fingerprint density at radius 2 is 1.93 bits per heavy atom. The summed E-state index contributed by atoms with van der Waals surface area (Å²) in [5.41, 5.74) is 0. The van der Waals surface area contributed by atoms with Crippen molar-refractivity contribution in [2.75, 3.05) is 0 Å². The Kier molecular flexibility index (Phi) is 2.74. The van der Waals surface area contributed by atoms with Crippen LogP contribution in [0.25, 0.3) is 0 Å². The summed E-state index contributed by atoms with van der Waals surface area (Å²) in [6, 6.07) is 0.281. The van der Waals surface area contributed by atoms with Crippen LogP contribution in [0.5, 0.6) is 0 Å². The quantitative estimate of drug-likeness (QED) is 0.661. The minimum atomic E-state index is -1.62. The molecular formula is C8H14N4O2. The lowest BCUT2D eigenvalue weighted by molar-refractivity contribution is -0.0497. The maximum Gasteiger partial charge on any atom is 0.230 e. The third kappa shape index (κ3) is 1.91. The zero-order valence-electron chi connectivity index (χ0n) is 7.87. The van der Waals surface area contributed by atoms with E-state index in [2.05, 4.69) is 15.4 Å². The summed E-state index contributed by atoms with van der Waals surface area (Å²) in [5, 5.41) is 28.9. The van der Waals surface area contributed by atoms with Crippen LogP contribution in [0.1, 0.15) is 50.3 Å². The van der Waals surface area contributed by atoms with Crippen LogP contribution in [0.4, 0.5) is 0 Å². The number of aliphatic hydroxyl groups is 2. The Hall–Kier alpha value is -1.01. The Labute approximate surface area is 81.6 Å². The van der Waals surface area contributed by atoms with Crippen LogP contribution in [0.2, 0.25) is 0 Å². The molecule has 1 aliphatic carbocycles. The molecule has 0 aromatic carbocycles. The summed E-state index contributed by atoms with van der Waals surface area (Å²) in [4.78, 5) is 1.51. The third-order valence-corrected chi connectivity index (χ3v) is 2.58. The molecule has 1 fully saturated rings. The second-order valence-corrected chi connectivity index (χ2v) is 3.63. The zero-order chi connectivity index (χ0) is 9.97. The van der Waals surface area contributed by atoms with E-state index in [0.29, 0.717) is 0 Å². The monoisotopic (exact) mass is 198 g/mol. The van der Waals surface area contributed by atoms with Gasteiger partial charge in [0, 0.05) is 0 Å². The number of aliphatic hydroxyl groups excluding tert-OH is 1. The van der Waals surface area contributed by atoms with Gasteiger partial charge in [0.05, 0.1) is 6.04 Å². The Morgan fingerprint density at radius 3 is 2.50 bits per heavy atom. The molecule has 6 nitrogen and oxygen atoms in total. The minimum Gasteiger partial charge on any atom is -0.362 e. The van der Waals surface area contributed by atoms with Gasteiger partial charge < -0.3 is 10.2 Å². The predicted octanol–water partition coefficient (Wildman–Crippen LogP) is 0.161. The summed E-state index contributed by atoms with van der Waals surface area (Å²) < 4.78 is 0. The predicted molar refractivity (Wildman–Crippen MR) is 47.1 cm³/mol. The second-order valence-electron chi connectivity index (χ2n) is 3.63. The summed E-state index contributed by atoms with van der Waals surface area (Å²) in [7, 11) is 0. The van der Waals surface area contributed by atoms with Crippen molar-refractivity contribution in [1.82, 2.24) is 20.2 Å². The van der Waals surface area contributed by atoms with Gasteiger partial charge in [-0.05, 0) is 18.1 Å². The van der Waals surface area contributed by atoms with E-state index in [1.165, 1.54) is 24.1 Å². The second kappa shape index (κ2) is 4.02. The molecule has 0 radical (unpaired) electrons. The first-order valence-corrected chi connectivity index (χ1v) is 4.93. The number of hydrogen-bond acceptors (Lipinski definition) is 5. The zero-order valence-corrected chi connectivity index (χ0v) is 7.87. The van der Waals surface area contributed by atoms with Gasteiger partial charge in [0.25, 0.3) is 0 Å². The summed E-state index contributed by atoms with van der Waals surface area (Å²) >= 11 is 0. The number of tetrazole rings is 1. The number of hydrogen-bond donors (Lipinski definition) is 2. The standard InChI is InChI=1S/C8H14N4O2/c13-8(14)7-9-11-12(10-7)6-4-2-1-3-5-6/h6,8,13-14H,1-5H2. The molecule has 1 aromatic heterocycles. The van der Waals surface area contributed by atoms with Crippen LogP contribution in [0, 0.1) is 0 Å². The largest absolute Gasteiger partial charge is 0.362 e. The average Bonchev–Trinajstić information content (AvgIpc) is 2.68. The molecule has 1 aliphatic rings. The summed E-state index contributed by atoms with van der Waals surface area (Å²) in [6.45, 7) is 0. The van der Waals surface area contributed by atoms with Crippen molar-refractivity contribution < 1.29 is 10.2 Å². The molecule has 1 aromatic rings. The van der Waals surface area contributed by atoms with Gasteiger partial charge in [-0.1, -0.05) is 19.3 Å². The van der Waals surface area contributed by atoms with E-state index in [9.17, 15) is 0 Å². The van der Waals surface area contributed by atoms with Crippen molar-refractivity contribution in [3.8, 4) is 0 Å². The molecule has 1 saturated carbocycles. The minimum absolute atomic E-state index is 0.0180. The van der Waals surface area contributed by atoms with Gasteiger partial charge in [0.1, 0.15) is 0 Å². The van der Waals surface area contributed by atoms with Gasteiger partial charge in [-0.2, -0.15) is 4.80 Å². The summed E-state index contributed by atoms with van der Waals surface area (Å²) in [6.07, 6.45) is 4.12. The fourth-order valence-corrected chi connectivity index (χ4v) is 1.81. The molecule has 0 aliphatic heterocycles. The Bertz CT molecular complexity index is 293. The number of aromatic nitrogens is 4. The van der Waals surface area contributed by atoms with Gasteiger partial charge >= 0.3 is 0 Å². The normalized spacial score (nSPS) is 19.1. The fourth-order valence-electron chi connectivity index (χ4n) is 1.81. The van der Waals surface area contributed by atoms with Gasteiger partial charge in [-0.25, -0.2) is 0 Å². The van der Waals surface area contributed by atoms with Crippen LogP contribution in [0.3, 0.4) is 0 Å². The fraction of sp³-hybridized carbons (Fsp3) is 0.875. The molecule has 0 unspecified atom stereocenters. The maximum absolute atomic E-state index is 8.81. The lowest BCUT2D eigenvalue weighted by Gasteiger charge is -2.19. The van der Waals surface area contributed by atoms with E-state index in [-0.39, 0.29) is 11.9 Å². The smallest absolute Gasteiger partial charge is 0.230 e. The molecule has 78 valence electrons. The van der Waals surface area contributed by atoms with E-state index >= 15 is 0 Å².